The summed E-state index contributed by atoms with van der Waals surface area (Å²) in [5.41, 5.74) is 8.57. The van der Waals surface area contributed by atoms with E-state index in [1.54, 1.807) is 0 Å². The van der Waals surface area contributed by atoms with E-state index in [0.29, 0.717) is 35.8 Å². The minimum absolute atomic E-state index is 0.446. The number of nitrogens with one attached hydrogen (secondary N) is 2. The Hall–Kier alpha value is -1.96. The summed E-state index contributed by atoms with van der Waals surface area (Å²) in [5, 5.41) is 8.17. The lowest BCUT2D eigenvalue weighted by molar-refractivity contribution is 0.422. The first kappa shape index (κ1) is 24.7. The molecule has 32 heavy (non-hydrogen) atoms. The Morgan fingerprint density at radius 2 is 0.812 bits per heavy atom. The Labute approximate surface area is 197 Å². The quantitative estimate of drug-likeness (QED) is 0.433. The molecule has 0 saturated heterocycles. The summed E-state index contributed by atoms with van der Waals surface area (Å²) in [6, 6.07) is 14.6. The van der Waals surface area contributed by atoms with Crippen molar-refractivity contribution in [3.8, 4) is 0 Å². The maximum Gasteiger partial charge on any atom is 0.0462 e. The SMILES string of the molecule is CC(C)c1cccc(C(C)C)c1N[C@@H]1CCCC[C@H]1Nc1c(C(C)C)cccc1C(C)C. The summed E-state index contributed by atoms with van der Waals surface area (Å²) in [7, 11) is 0. The molecule has 1 aliphatic rings. The molecular weight excluding hydrogens is 388 g/mol. The minimum atomic E-state index is 0.446. The third kappa shape index (κ3) is 5.50. The average Bonchev–Trinajstić information content (AvgIpc) is 2.74. The fourth-order valence-electron chi connectivity index (χ4n) is 5.28. The van der Waals surface area contributed by atoms with Crippen molar-refractivity contribution in [3.05, 3.63) is 58.7 Å². The van der Waals surface area contributed by atoms with E-state index in [1.165, 1.54) is 59.3 Å². The van der Waals surface area contributed by atoms with Gasteiger partial charge in [-0.25, -0.2) is 0 Å². The van der Waals surface area contributed by atoms with Crippen LogP contribution >= 0.6 is 0 Å². The Kier molecular flexibility index (Phi) is 8.31. The highest BCUT2D eigenvalue weighted by Gasteiger charge is 2.28. The second-order valence-electron chi connectivity index (χ2n) is 11.0. The van der Waals surface area contributed by atoms with Gasteiger partial charge in [-0.3, -0.25) is 0 Å². The van der Waals surface area contributed by atoms with Gasteiger partial charge in [-0.05, 0) is 58.8 Å². The van der Waals surface area contributed by atoms with E-state index < -0.39 is 0 Å². The highest BCUT2D eigenvalue weighted by molar-refractivity contribution is 5.63. The summed E-state index contributed by atoms with van der Waals surface area (Å²) in [5.74, 6) is 2.06. The van der Waals surface area contributed by atoms with Crippen molar-refractivity contribution in [1.29, 1.82) is 0 Å². The maximum absolute atomic E-state index is 4.09. The highest BCUT2D eigenvalue weighted by atomic mass is 15.0. The van der Waals surface area contributed by atoms with Crippen LogP contribution in [-0.4, -0.2) is 12.1 Å². The van der Waals surface area contributed by atoms with Crippen LogP contribution in [0.25, 0.3) is 0 Å². The first-order chi connectivity index (χ1) is 15.2. The van der Waals surface area contributed by atoms with Crippen LogP contribution in [0.5, 0.6) is 0 Å². The smallest absolute Gasteiger partial charge is 0.0462 e. The zero-order valence-electron chi connectivity index (χ0n) is 21.8. The number of benzene rings is 2. The van der Waals surface area contributed by atoms with Gasteiger partial charge in [0.2, 0.25) is 0 Å². The van der Waals surface area contributed by atoms with E-state index in [4.69, 9.17) is 0 Å². The predicted octanol–water partition coefficient (Wildman–Crippen LogP) is 9.02. The second kappa shape index (κ2) is 10.8. The summed E-state index contributed by atoms with van der Waals surface area (Å²) >= 11 is 0. The highest BCUT2D eigenvalue weighted by Crippen LogP contribution is 2.37. The third-order valence-electron chi connectivity index (χ3n) is 7.17. The Morgan fingerprint density at radius 3 is 1.06 bits per heavy atom. The average molecular weight is 435 g/mol. The van der Waals surface area contributed by atoms with Crippen LogP contribution in [0.4, 0.5) is 11.4 Å². The van der Waals surface area contributed by atoms with Gasteiger partial charge in [-0.15, -0.1) is 0 Å². The molecule has 0 spiro atoms. The largest absolute Gasteiger partial charge is 0.380 e. The van der Waals surface area contributed by atoms with E-state index in [-0.39, 0.29) is 0 Å². The molecule has 2 N–H and O–H groups in total. The summed E-state index contributed by atoms with van der Waals surface area (Å²) in [4.78, 5) is 0. The molecule has 0 radical (unpaired) electrons. The molecular formula is C30H46N2. The zero-order valence-corrected chi connectivity index (χ0v) is 21.8. The molecule has 0 aromatic heterocycles. The Balaban J connectivity index is 1.96. The van der Waals surface area contributed by atoms with Gasteiger partial charge < -0.3 is 10.6 Å². The molecule has 3 rings (SSSR count). The number of rotatable bonds is 8. The first-order valence-electron chi connectivity index (χ1n) is 13.0. The predicted molar refractivity (Wildman–Crippen MR) is 143 cm³/mol. The number of hydrogen-bond donors (Lipinski definition) is 2. The molecule has 1 saturated carbocycles. The molecule has 2 nitrogen and oxygen atoms in total. The molecule has 2 aromatic carbocycles. The molecule has 1 fully saturated rings. The lowest BCUT2D eigenvalue weighted by Crippen LogP contribution is -2.42. The van der Waals surface area contributed by atoms with Crippen molar-refractivity contribution in [2.24, 2.45) is 0 Å². The monoisotopic (exact) mass is 434 g/mol. The van der Waals surface area contributed by atoms with Crippen LogP contribution in [0.15, 0.2) is 36.4 Å². The van der Waals surface area contributed by atoms with Gasteiger partial charge in [-0.1, -0.05) is 105 Å². The standard InChI is InChI=1S/C30H46N2/c1-19(2)23-13-11-14-24(20(3)4)29(23)31-27-17-9-10-18-28(27)32-30-25(21(5)6)15-12-16-26(30)22(7)8/h11-16,19-22,27-28,31-32H,9-10,17-18H2,1-8H3/t27-,28-/m1/s1. The summed E-state index contributed by atoms with van der Waals surface area (Å²) in [6.07, 6.45) is 5.06. The van der Waals surface area contributed by atoms with Crippen LogP contribution in [0.3, 0.4) is 0 Å². The zero-order chi connectivity index (χ0) is 23.4. The van der Waals surface area contributed by atoms with E-state index in [2.05, 4.69) is 102 Å². The van der Waals surface area contributed by atoms with Crippen molar-refractivity contribution in [1.82, 2.24) is 0 Å². The molecule has 0 heterocycles. The van der Waals surface area contributed by atoms with Crippen molar-refractivity contribution in [2.45, 2.75) is 117 Å². The van der Waals surface area contributed by atoms with E-state index in [9.17, 15) is 0 Å². The molecule has 2 aromatic rings. The van der Waals surface area contributed by atoms with E-state index in [0.717, 1.165) is 0 Å². The number of para-hydroxylation sites is 2. The van der Waals surface area contributed by atoms with Crippen LogP contribution < -0.4 is 10.6 Å². The van der Waals surface area contributed by atoms with Gasteiger partial charge in [0.05, 0.1) is 0 Å². The second-order valence-corrected chi connectivity index (χ2v) is 11.0. The van der Waals surface area contributed by atoms with Gasteiger partial charge in [0, 0.05) is 23.5 Å². The molecule has 2 heteroatoms. The molecule has 0 bridgehead atoms. The molecule has 0 amide bonds. The van der Waals surface area contributed by atoms with E-state index >= 15 is 0 Å². The van der Waals surface area contributed by atoms with Crippen molar-refractivity contribution < 1.29 is 0 Å². The van der Waals surface area contributed by atoms with Gasteiger partial charge in [-0.2, -0.15) is 0 Å². The molecule has 0 aliphatic heterocycles. The van der Waals surface area contributed by atoms with Crippen LogP contribution in [0, 0.1) is 0 Å². The van der Waals surface area contributed by atoms with Gasteiger partial charge in [0.1, 0.15) is 0 Å². The Morgan fingerprint density at radius 1 is 0.531 bits per heavy atom. The minimum Gasteiger partial charge on any atom is -0.380 e. The van der Waals surface area contributed by atoms with Crippen molar-refractivity contribution in [3.63, 3.8) is 0 Å². The van der Waals surface area contributed by atoms with Crippen molar-refractivity contribution in [2.75, 3.05) is 10.6 Å². The maximum atomic E-state index is 4.09. The first-order valence-corrected chi connectivity index (χ1v) is 13.0. The van der Waals surface area contributed by atoms with E-state index in [1.807, 2.05) is 0 Å². The molecule has 1 aliphatic carbocycles. The summed E-state index contributed by atoms with van der Waals surface area (Å²) < 4.78 is 0. The fraction of sp³-hybridized carbons (Fsp3) is 0.600. The molecule has 2 atom stereocenters. The normalized spacial score (nSPS) is 19.2. The van der Waals surface area contributed by atoms with Crippen LogP contribution in [0.1, 0.15) is 127 Å². The number of hydrogen-bond acceptors (Lipinski definition) is 2. The van der Waals surface area contributed by atoms with Gasteiger partial charge in [0.15, 0.2) is 0 Å². The third-order valence-corrected chi connectivity index (χ3v) is 7.17. The molecule has 176 valence electrons. The lowest BCUT2D eigenvalue weighted by Gasteiger charge is -2.37. The topological polar surface area (TPSA) is 24.1 Å². The van der Waals surface area contributed by atoms with Crippen molar-refractivity contribution >= 4 is 11.4 Å². The van der Waals surface area contributed by atoms with Crippen LogP contribution in [-0.2, 0) is 0 Å². The van der Waals surface area contributed by atoms with Crippen LogP contribution in [0.2, 0.25) is 0 Å². The number of anilines is 2. The van der Waals surface area contributed by atoms with Gasteiger partial charge >= 0.3 is 0 Å². The summed E-state index contributed by atoms with van der Waals surface area (Å²) in [6.45, 7) is 18.5. The Bertz CT molecular complexity index is 752. The van der Waals surface area contributed by atoms with Gasteiger partial charge in [0.25, 0.3) is 0 Å². The molecule has 0 unspecified atom stereocenters. The lowest BCUT2D eigenvalue weighted by atomic mass is 9.86. The fourth-order valence-corrected chi connectivity index (χ4v) is 5.28.